The molecule has 0 amide bonds. The van der Waals surface area contributed by atoms with Gasteiger partial charge in [0.15, 0.2) is 0 Å². The van der Waals surface area contributed by atoms with E-state index in [2.05, 4.69) is 12.1 Å². The van der Waals surface area contributed by atoms with Crippen LogP contribution in [-0.4, -0.2) is 5.75 Å². The van der Waals surface area contributed by atoms with Crippen molar-refractivity contribution in [2.45, 2.75) is 6.42 Å². The smallest absolute Gasteiger partial charge is 0.792 e. The van der Waals surface area contributed by atoms with Crippen LogP contribution in [0.25, 0.3) is 0 Å². The van der Waals surface area contributed by atoms with E-state index < -0.39 is 0 Å². The zero-order valence-corrected chi connectivity index (χ0v) is 7.03. The van der Waals surface area contributed by atoms with Crippen LogP contribution in [0.3, 0.4) is 0 Å². The molecule has 0 aliphatic heterocycles. The van der Waals surface area contributed by atoms with Crippen molar-refractivity contribution in [3.63, 3.8) is 0 Å². The van der Waals surface area contributed by atoms with Crippen molar-refractivity contribution in [1.29, 1.82) is 0 Å². The molecule has 0 atom stereocenters. The minimum atomic E-state index is 0. The monoisotopic (exact) mass is 144 g/mol. The Kier molecular flexibility index (Phi) is 6.01. The summed E-state index contributed by atoms with van der Waals surface area (Å²) in [5, 5.41) is 0. The van der Waals surface area contributed by atoms with Crippen LogP contribution in [0.4, 0.5) is 0 Å². The second-order valence-corrected chi connectivity index (χ2v) is 2.35. The Balaban J connectivity index is 0.000000810. The Labute approximate surface area is 79.6 Å². The summed E-state index contributed by atoms with van der Waals surface area (Å²) >= 11 is 4.83. The van der Waals surface area contributed by atoms with Gasteiger partial charge in [-0.15, -0.1) is 0 Å². The number of hydrogen-bond acceptors (Lipinski definition) is 1. The molecular formula is C8H9LiS. The van der Waals surface area contributed by atoms with Gasteiger partial charge in [0.25, 0.3) is 0 Å². The van der Waals surface area contributed by atoms with Crippen molar-refractivity contribution in [3.05, 3.63) is 35.9 Å². The molecular weight excluding hydrogens is 135 g/mol. The number of benzene rings is 1. The van der Waals surface area contributed by atoms with Gasteiger partial charge in [-0.1, -0.05) is 30.3 Å². The molecule has 0 bridgehead atoms. The van der Waals surface area contributed by atoms with Gasteiger partial charge in [-0.3, -0.25) is 0 Å². The van der Waals surface area contributed by atoms with Crippen molar-refractivity contribution < 1.29 is 18.9 Å². The second-order valence-electron chi connectivity index (χ2n) is 1.94. The number of hydrogen-bond donors (Lipinski definition) is 0. The summed E-state index contributed by atoms with van der Waals surface area (Å²) in [6.07, 6.45) is 1.02. The largest absolute Gasteiger partial charge is 1.00 e. The third-order valence-electron chi connectivity index (χ3n) is 1.23. The topological polar surface area (TPSA) is 0 Å². The maximum atomic E-state index is 4.83. The van der Waals surface area contributed by atoms with Gasteiger partial charge >= 0.3 is 18.9 Å². The molecule has 10 heavy (non-hydrogen) atoms. The molecule has 0 N–H and O–H groups in total. The molecule has 1 rings (SSSR count). The third-order valence-corrected chi connectivity index (χ3v) is 1.44. The maximum Gasteiger partial charge on any atom is 1.00 e. The van der Waals surface area contributed by atoms with Crippen LogP contribution in [0.2, 0.25) is 0 Å². The summed E-state index contributed by atoms with van der Waals surface area (Å²) in [5.41, 5.74) is 1.34. The molecule has 0 radical (unpaired) electrons. The number of aryl methyl sites for hydroxylation is 1. The molecule has 0 aliphatic carbocycles. The van der Waals surface area contributed by atoms with Gasteiger partial charge in [0.1, 0.15) is 0 Å². The van der Waals surface area contributed by atoms with Crippen LogP contribution in [0, 0.1) is 0 Å². The summed E-state index contributed by atoms with van der Waals surface area (Å²) < 4.78 is 0. The van der Waals surface area contributed by atoms with E-state index in [9.17, 15) is 0 Å². The minimum Gasteiger partial charge on any atom is -0.792 e. The Hall–Kier alpha value is 0.167. The Morgan fingerprint density at radius 2 is 1.70 bits per heavy atom. The molecule has 0 saturated heterocycles. The third kappa shape index (κ3) is 3.36. The van der Waals surface area contributed by atoms with Crippen LogP contribution in [0.15, 0.2) is 30.3 Å². The van der Waals surface area contributed by atoms with Crippen molar-refractivity contribution in [1.82, 2.24) is 0 Å². The summed E-state index contributed by atoms with van der Waals surface area (Å²) in [6, 6.07) is 10.3. The molecule has 0 aromatic heterocycles. The predicted molar refractivity (Wildman–Crippen MR) is 42.4 cm³/mol. The minimum absolute atomic E-state index is 0. The molecule has 0 heterocycles. The van der Waals surface area contributed by atoms with E-state index in [0.29, 0.717) is 0 Å². The maximum absolute atomic E-state index is 4.83. The SMILES string of the molecule is [Li+].[S-]CCc1ccccc1. The van der Waals surface area contributed by atoms with E-state index in [-0.39, 0.29) is 18.9 Å². The molecule has 0 fully saturated rings. The molecule has 0 unspecified atom stereocenters. The van der Waals surface area contributed by atoms with Gasteiger partial charge in [0.2, 0.25) is 0 Å². The zero-order valence-electron chi connectivity index (χ0n) is 6.21. The molecule has 1 aromatic carbocycles. The van der Waals surface area contributed by atoms with Crippen LogP contribution in [-0.2, 0) is 19.0 Å². The molecule has 48 valence electrons. The van der Waals surface area contributed by atoms with Crippen molar-refractivity contribution in [2.24, 2.45) is 0 Å². The molecule has 0 aliphatic rings. The molecule has 1 aromatic rings. The van der Waals surface area contributed by atoms with Gasteiger partial charge in [0.05, 0.1) is 0 Å². The first-order valence-corrected chi connectivity index (χ1v) is 3.63. The van der Waals surface area contributed by atoms with Gasteiger partial charge in [0, 0.05) is 0 Å². The molecule has 0 spiro atoms. The fraction of sp³-hybridized carbons (Fsp3) is 0.250. The van der Waals surface area contributed by atoms with Crippen LogP contribution < -0.4 is 18.9 Å². The average Bonchev–Trinajstić information content (AvgIpc) is 1.91. The summed E-state index contributed by atoms with van der Waals surface area (Å²) in [7, 11) is 0. The summed E-state index contributed by atoms with van der Waals surface area (Å²) in [4.78, 5) is 0. The Morgan fingerprint density at radius 1 is 1.10 bits per heavy atom. The van der Waals surface area contributed by atoms with E-state index >= 15 is 0 Å². The zero-order chi connectivity index (χ0) is 6.53. The normalized spacial score (nSPS) is 8.50. The first-order valence-electron chi connectivity index (χ1n) is 3.05. The van der Waals surface area contributed by atoms with Crippen molar-refractivity contribution >= 4 is 12.6 Å². The van der Waals surface area contributed by atoms with Gasteiger partial charge in [-0.2, -0.15) is 5.75 Å². The van der Waals surface area contributed by atoms with E-state index in [1.807, 2.05) is 18.2 Å². The summed E-state index contributed by atoms with van der Waals surface area (Å²) in [5.74, 6) is 0.823. The first kappa shape index (κ1) is 10.2. The number of rotatable bonds is 2. The predicted octanol–water partition coefficient (Wildman–Crippen LogP) is -1.22. The van der Waals surface area contributed by atoms with E-state index in [4.69, 9.17) is 12.6 Å². The quantitative estimate of drug-likeness (QED) is 0.370. The van der Waals surface area contributed by atoms with Crippen molar-refractivity contribution in [2.75, 3.05) is 5.75 Å². The van der Waals surface area contributed by atoms with Crippen LogP contribution in [0.5, 0.6) is 0 Å². The van der Waals surface area contributed by atoms with E-state index in [1.54, 1.807) is 0 Å². The first-order chi connectivity index (χ1) is 4.43. The van der Waals surface area contributed by atoms with Crippen molar-refractivity contribution in [3.8, 4) is 0 Å². The van der Waals surface area contributed by atoms with Gasteiger partial charge < -0.3 is 12.6 Å². The van der Waals surface area contributed by atoms with Gasteiger partial charge in [-0.25, -0.2) is 0 Å². The van der Waals surface area contributed by atoms with Crippen LogP contribution in [0.1, 0.15) is 5.56 Å². The summed E-state index contributed by atoms with van der Waals surface area (Å²) in [6.45, 7) is 0. The van der Waals surface area contributed by atoms with Gasteiger partial charge in [-0.05, 0) is 12.0 Å². The fourth-order valence-electron chi connectivity index (χ4n) is 0.763. The Morgan fingerprint density at radius 3 is 2.20 bits per heavy atom. The molecule has 2 heteroatoms. The fourth-order valence-corrected chi connectivity index (χ4v) is 0.998. The molecule has 0 saturated carbocycles. The van der Waals surface area contributed by atoms with E-state index in [0.717, 1.165) is 12.2 Å². The average molecular weight is 144 g/mol. The van der Waals surface area contributed by atoms with Crippen LogP contribution >= 0.6 is 0 Å². The second kappa shape index (κ2) is 5.92. The van der Waals surface area contributed by atoms with E-state index in [1.165, 1.54) is 5.56 Å². The standard InChI is InChI=1S/C8H10S.Li/c9-7-6-8-4-2-1-3-5-8;/h1-5,9H,6-7H2;/q;+1/p-1. The Bertz CT molecular complexity index is 162. The molecule has 0 nitrogen and oxygen atoms in total.